The number of fused-ring (bicyclic) bond motifs is 1. The van der Waals surface area contributed by atoms with Gasteiger partial charge < -0.3 is 10.3 Å². The molecule has 0 radical (unpaired) electrons. The van der Waals surface area contributed by atoms with E-state index in [2.05, 4.69) is 51.8 Å². The molecule has 1 aromatic heterocycles. The van der Waals surface area contributed by atoms with E-state index in [1.165, 1.54) is 16.5 Å². The van der Waals surface area contributed by atoms with Crippen LogP contribution in [-0.4, -0.2) is 11.1 Å². The molecule has 2 nitrogen and oxygen atoms in total. The minimum Gasteiger partial charge on any atom is -0.338 e. The van der Waals surface area contributed by atoms with E-state index in [0.29, 0.717) is 6.54 Å². The van der Waals surface area contributed by atoms with E-state index in [4.69, 9.17) is 5.73 Å². The van der Waals surface area contributed by atoms with Crippen LogP contribution in [0, 0.1) is 0 Å². The molecule has 74 valence electrons. The molecule has 0 aliphatic heterocycles. The summed E-state index contributed by atoms with van der Waals surface area (Å²) < 4.78 is 3.26. The van der Waals surface area contributed by atoms with Gasteiger partial charge in [-0.1, -0.05) is 18.2 Å². The van der Waals surface area contributed by atoms with Crippen LogP contribution in [0.4, 0.5) is 0 Å². The highest BCUT2D eigenvalue weighted by atomic mass is 79.9. The molecule has 1 heterocycles. The smallest absolute Gasteiger partial charge is 0.0854 e. The quantitative estimate of drug-likeness (QED) is 0.875. The van der Waals surface area contributed by atoms with Gasteiger partial charge in [-0.2, -0.15) is 0 Å². The second-order valence-electron chi connectivity index (χ2n) is 3.42. The molecule has 0 saturated heterocycles. The Kier molecular flexibility index (Phi) is 2.61. The van der Waals surface area contributed by atoms with Crippen molar-refractivity contribution < 1.29 is 0 Å². The fourth-order valence-electron chi connectivity index (χ4n) is 1.83. The molecule has 2 rings (SSSR count). The summed E-state index contributed by atoms with van der Waals surface area (Å²) in [7, 11) is 2.06. The number of rotatable bonds is 2. The largest absolute Gasteiger partial charge is 0.338 e. The Morgan fingerprint density at radius 1 is 1.43 bits per heavy atom. The molecule has 0 atom stereocenters. The van der Waals surface area contributed by atoms with Gasteiger partial charge in [0.25, 0.3) is 0 Å². The van der Waals surface area contributed by atoms with Gasteiger partial charge in [0, 0.05) is 12.4 Å². The number of hydrogen-bond acceptors (Lipinski definition) is 1. The molecule has 0 unspecified atom stereocenters. The maximum atomic E-state index is 5.59. The number of para-hydroxylation sites is 1. The SMILES string of the molecule is Cn1c(Br)cc2cccc(CCN)c21. The predicted octanol–water partition coefficient (Wildman–Crippen LogP) is 2.44. The standard InChI is InChI=1S/C11H13BrN2/c1-14-10(12)7-9-4-2-3-8(5-6-13)11(9)14/h2-4,7H,5-6,13H2,1H3. The average molecular weight is 253 g/mol. The van der Waals surface area contributed by atoms with E-state index in [-0.39, 0.29) is 0 Å². The van der Waals surface area contributed by atoms with E-state index in [1.54, 1.807) is 0 Å². The van der Waals surface area contributed by atoms with Crippen molar-refractivity contribution in [3.8, 4) is 0 Å². The first-order valence-electron chi connectivity index (χ1n) is 4.67. The van der Waals surface area contributed by atoms with Crippen LogP contribution in [0.1, 0.15) is 5.56 Å². The zero-order valence-electron chi connectivity index (χ0n) is 8.13. The highest BCUT2D eigenvalue weighted by Crippen LogP contribution is 2.25. The zero-order valence-corrected chi connectivity index (χ0v) is 9.71. The highest BCUT2D eigenvalue weighted by Gasteiger charge is 2.06. The maximum absolute atomic E-state index is 5.59. The van der Waals surface area contributed by atoms with Crippen molar-refractivity contribution >= 4 is 26.8 Å². The van der Waals surface area contributed by atoms with Crippen LogP contribution in [0.2, 0.25) is 0 Å². The summed E-state index contributed by atoms with van der Waals surface area (Å²) in [5.74, 6) is 0. The van der Waals surface area contributed by atoms with Gasteiger partial charge in [0.15, 0.2) is 0 Å². The normalized spacial score (nSPS) is 11.1. The summed E-state index contributed by atoms with van der Waals surface area (Å²) in [6.07, 6.45) is 0.932. The number of aryl methyl sites for hydroxylation is 1. The summed E-state index contributed by atoms with van der Waals surface area (Å²) in [5, 5.41) is 1.27. The van der Waals surface area contributed by atoms with E-state index >= 15 is 0 Å². The third kappa shape index (κ3) is 1.47. The Morgan fingerprint density at radius 3 is 2.93 bits per heavy atom. The lowest BCUT2D eigenvalue weighted by atomic mass is 10.1. The van der Waals surface area contributed by atoms with Crippen LogP contribution >= 0.6 is 15.9 Å². The van der Waals surface area contributed by atoms with Crippen LogP contribution in [0.15, 0.2) is 28.9 Å². The first kappa shape index (κ1) is 9.74. The number of halogens is 1. The van der Waals surface area contributed by atoms with E-state index in [9.17, 15) is 0 Å². The Morgan fingerprint density at radius 2 is 2.21 bits per heavy atom. The number of nitrogens with two attached hydrogens (primary N) is 1. The van der Waals surface area contributed by atoms with Crippen LogP contribution < -0.4 is 5.73 Å². The molecule has 0 fully saturated rings. The van der Waals surface area contributed by atoms with Gasteiger partial charge in [0.05, 0.1) is 10.1 Å². The lowest BCUT2D eigenvalue weighted by molar-refractivity contribution is 0.913. The molecule has 14 heavy (non-hydrogen) atoms. The third-order valence-corrected chi connectivity index (χ3v) is 3.26. The van der Waals surface area contributed by atoms with Gasteiger partial charge >= 0.3 is 0 Å². The molecular formula is C11H13BrN2. The molecule has 0 bridgehead atoms. The monoisotopic (exact) mass is 252 g/mol. The minimum atomic E-state index is 0.696. The highest BCUT2D eigenvalue weighted by molar-refractivity contribution is 9.10. The Hall–Kier alpha value is -0.800. The van der Waals surface area contributed by atoms with Crippen molar-refractivity contribution in [1.29, 1.82) is 0 Å². The number of nitrogens with zero attached hydrogens (tertiary/aromatic N) is 1. The minimum absolute atomic E-state index is 0.696. The predicted molar refractivity (Wildman–Crippen MR) is 63.4 cm³/mol. The van der Waals surface area contributed by atoms with E-state index in [1.807, 2.05) is 0 Å². The summed E-state index contributed by atoms with van der Waals surface area (Å²) >= 11 is 3.53. The van der Waals surface area contributed by atoms with Crippen molar-refractivity contribution in [3.05, 3.63) is 34.4 Å². The Labute approximate surface area is 91.8 Å². The molecule has 2 N–H and O–H groups in total. The van der Waals surface area contributed by atoms with Crippen molar-refractivity contribution in [2.75, 3.05) is 6.54 Å². The maximum Gasteiger partial charge on any atom is 0.0854 e. The number of aromatic nitrogens is 1. The lowest BCUT2D eigenvalue weighted by Crippen LogP contribution is -2.04. The van der Waals surface area contributed by atoms with Crippen LogP contribution in [0.25, 0.3) is 10.9 Å². The van der Waals surface area contributed by atoms with Gasteiger partial charge in [-0.15, -0.1) is 0 Å². The Bertz CT molecular complexity index is 460. The molecule has 2 aromatic rings. The van der Waals surface area contributed by atoms with Crippen molar-refractivity contribution in [1.82, 2.24) is 4.57 Å². The molecule has 0 spiro atoms. The molecule has 3 heteroatoms. The van der Waals surface area contributed by atoms with E-state index in [0.717, 1.165) is 11.0 Å². The van der Waals surface area contributed by atoms with Gasteiger partial charge in [-0.25, -0.2) is 0 Å². The molecule has 0 aliphatic carbocycles. The van der Waals surface area contributed by atoms with Gasteiger partial charge in [-0.05, 0) is 40.5 Å². The summed E-state index contributed by atoms with van der Waals surface area (Å²) in [6, 6.07) is 8.48. The lowest BCUT2D eigenvalue weighted by Gasteiger charge is -2.04. The zero-order chi connectivity index (χ0) is 10.1. The van der Waals surface area contributed by atoms with Gasteiger partial charge in [0.2, 0.25) is 0 Å². The average Bonchev–Trinajstić information content (AvgIpc) is 2.45. The van der Waals surface area contributed by atoms with Gasteiger partial charge in [0.1, 0.15) is 0 Å². The topological polar surface area (TPSA) is 30.9 Å². The summed E-state index contributed by atoms with van der Waals surface area (Å²) in [5.41, 5.74) is 8.19. The van der Waals surface area contributed by atoms with Crippen LogP contribution in [-0.2, 0) is 13.5 Å². The second-order valence-corrected chi connectivity index (χ2v) is 4.23. The molecule has 1 aromatic carbocycles. The summed E-state index contributed by atoms with van der Waals surface area (Å²) in [4.78, 5) is 0. The number of benzene rings is 1. The summed E-state index contributed by atoms with van der Waals surface area (Å²) in [6.45, 7) is 0.696. The van der Waals surface area contributed by atoms with E-state index < -0.39 is 0 Å². The first-order valence-corrected chi connectivity index (χ1v) is 5.46. The van der Waals surface area contributed by atoms with Crippen molar-refractivity contribution in [2.45, 2.75) is 6.42 Å². The number of hydrogen-bond donors (Lipinski definition) is 1. The second kappa shape index (κ2) is 3.75. The third-order valence-electron chi connectivity index (χ3n) is 2.49. The van der Waals surface area contributed by atoms with Crippen molar-refractivity contribution in [2.24, 2.45) is 12.8 Å². The molecule has 0 saturated carbocycles. The first-order chi connectivity index (χ1) is 6.74. The van der Waals surface area contributed by atoms with Crippen molar-refractivity contribution in [3.63, 3.8) is 0 Å². The fraction of sp³-hybridized carbons (Fsp3) is 0.273. The van der Waals surface area contributed by atoms with Crippen LogP contribution in [0.5, 0.6) is 0 Å². The van der Waals surface area contributed by atoms with Crippen LogP contribution in [0.3, 0.4) is 0 Å². The molecular weight excluding hydrogens is 240 g/mol. The molecule has 0 aliphatic rings. The van der Waals surface area contributed by atoms with Gasteiger partial charge in [-0.3, -0.25) is 0 Å². The molecule has 0 amide bonds. The Balaban J connectivity index is 2.71. The fourth-order valence-corrected chi connectivity index (χ4v) is 2.25.